The molecule has 0 aliphatic rings. The quantitative estimate of drug-likeness (QED) is 0.856. The van der Waals surface area contributed by atoms with E-state index in [9.17, 15) is 9.59 Å². The first kappa shape index (κ1) is 12.0. The predicted molar refractivity (Wildman–Crippen MR) is 58.1 cm³/mol. The Hall–Kier alpha value is -1.07. The van der Waals surface area contributed by atoms with E-state index in [1.807, 2.05) is 0 Å². The molecule has 0 aliphatic heterocycles. The number of hydrogen-bond acceptors (Lipinski definition) is 3. The molecular weight excluding hydrogens is 238 g/mol. The third kappa shape index (κ3) is 3.89. The van der Waals surface area contributed by atoms with Crippen molar-refractivity contribution in [2.75, 3.05) is 0 Å². The summed E-state index contributed by atoms with van der Waals surface area (Å²) in [5, 5.41) is 11.3. The number of carboxylic acids is 1. The van der Waals surface area contributed by atoms with E-state index in [1.54, 1.807) is 12.1 Å². The highest BCUT2D eigenvalue weighted by molar-refractivity contribution is 7.16. The lowest BCUT2D eigenvalue weighted by atomic mass is 10.1. The molecule has 6 heteroatoms. The number of rotatable bonds is 4. The summed E-state index contributed by atoms with van der Waals surface area (Å²) in [6.07, 6.45) is -0.142. The second-order valence-corrected chi connectivity index (χ2v) is 4.74. The van der Waals surface area contributed by atoms with Crippen LogP contribution in [0.1, 0.15) is 24.3 Å². The lowest BCUT2D eigenvalue weighted by Gasteiger charge is -2.13. The van der Waals surface area contributed by atoms with E-state index in [1.165, 1.54) is 18.3 Å². The summed E-state index contributed by atoms with van der Waals surface area (Å²) < 4.78 is 0.575. The Balaban J connectivity index is 2.80. The summed E-state index contributed by atoms with van der Waals surface area (Å²) in [7, 11) is 0. The number of thiophene rings is 1. The Morgan fingerprint density at radius 3 is 2.67 bits per heavy atom. The standard InChI is InChI=1S/C9H10ClNO3S/c1-5(12)11-6(4-9(13)14)7-2-3-8(10)15-7/h2-3,6H,4H2,1H3,(H,11,12)(H,13,14)/t6-/m0/s1. The normalized spacial score (nSPS) is 12.1. The van der Waals surface area contributed by atoms with Gasteiger partial charge in [-0.1, -0.05) is 11.6 Å². The van der Waals surface area contributed by atoms with Gasteiger partial charge in [-0.3, -0.25) is 9.59 Å². The first-order chi connectivity index (χ1) is 6.99. The van der Waals surface area contributed by atoms with Crippen LogP contribution in [-0.4, -0.2) is 17.0 Å². The third-order valence-corrected chi connectivity index (χ3v) is 3.04. The minimum absolute atomic E-state index is 0.142. The van der Waals surface area contributed by atoms with Crippen molar-refractivity contribution in [2.45, 2.75) is 19.4 Å². The maximum absolute atomic E-state index is 10.9. The van der Waals surface area contributed by atoms with Crippen molar-refractivity contribution in [3.63, 3.8) is 0 Å². The molecule has 0 radical (unpaired) electrons. The van der Waals surface area contributed by atoms with E-state index in [0.29, 0.717) is 4.34 Å². The van der Waals surface area contributed by atoms with Gasteiger partial charge in [0.2, 0.25) is 5.91 Å². The molecule has 0 spiro atoms. The van der Waals surface area contributed by atoms with E-state index in [2.05, 4.69) is 5.32 Å². The number of amides is 1. The van der Waals surface area contributed by atoms with Gasteiger partial charge < -0.3 is 10.4 Å². The Bertz CT molecular complexity index is 361. The lowest BCUT2D eigenvalue weighted by Crippen LogP contribution is -2.27. The molecule has 1 rings (SSSR count). The van der Waals surface area contributed by atoms with Crippen LogP contribution in [0.4, 0.5) is 0 Å². The van der Waals surface area contributed by atoms with Crippen LogP contribution in [-0.2, 0) is 9.59 Å². The highest BCUT2D eigenvalue weighted by Gasteiger charge is 2.18. The minimum atomic E-state index is -0.960. The van der Waals surface area contributed by atoms with E-state index >= 15 is 0 Å². The monoisotopic (exact) mass is 247 g/mol. The summed E-state index contributed by atoms with van der Waals surface area (Å²) in [4.78, 5) is 22.2. The molecule has 82 valence electrons. The molecule has 1 aromatic rings. The summed E-state index contributed by atoms with van der Waals surface area (Å²) in [6, 6.07) is 2.90. The molecule has 1 amide bonds. The molecule has 1 atom stereocenters. The van der Waals surface area contributed by atoms with Crippen LogP contribution in [0.5, 0.6) is 0 Å². The molecule has 0 saturated carbocycles. The fourth-order valence-electron chi connectivity index (χ4n) is 1.16. The first-order valence-electron chi connectivity index (χ1n) is 4.23. The van der Waals surface area contributed by atoms with Gasteiger partial charge in [0.1, 0.15) is 0 Å². The van der Waals surface area contributed by atoms with Gasteiger partial charge in [-0.25, -0.2) is 0 Å². The first-order valence-corrected chi connectivity index (χ1v) is 5.42. The van der Waals surface area contributed by atoms with Crippen LogP contribution in [0.15, 0.2) is 12.1 Å². The van der Waals surface area contributed by atoms with Crippen LogP contribution < -0.4 is 5.32 Å². The molecule has 0 fully saturated rings. The van der Waals surface area contributed by atoms with Gasteiger partial charge in [-0.15, -0.1) is 11.3 Å². The van der Waals surface area contributed by atoms with E-state index in [-0.39, 0.29) is 12.3 Å². The van der Waals surface area contributed by atoms with Crippen molar-refractivity contribution >= 4 is 34.8 Å². The van der Waals surface area contributed by atoms with Crippen molar-refractivity contribution in [2.24, 2.45) is 0 Å². The number of aliphatic carboxylic acids is 1. The highest BCUT2D eigenvalue weighted by atomic mass is 35.5. The zero-order chi connectivity index (χ0) is 11.4. The molecule has 2 N–H and O–H groups in total. The van der Waals surface area contributed by atoms with Crippen molar-refractivity contribution in [3.8, 4) is 0 Å². The Labute approximate surface area is 95.9 Å². The van der Waals surface area contributed by atoms with Crippen molar-refractivity contribution in [1.29, 1.82) is 0 Å². The summed E-state index contributed by atoms with van der Waals surface area (Å²) >= 11 is 7.00. The van der Waals surface area contributed by atoms with Gasteiger partial charge in [0.25, 0.3) is 0 Å². The molecule has 0 bridgehead atoms. The second kappa shape index (κ2) is 5.14. The molecule has 0 aliphatic carbocycles. The van der Waals surface area contributed by atoms with Gasteiger partial charge in [0.05, 0.1) is 16.8 Å². The number of hydrogen-bond donors (Lipinski definition) is 2. The van der Waals surface area contributed by atoms with Crippen molar-refractivity contribution < 1.29 is 14.7 Å². The summed E-state index contributed by atoms with van der Waals surface area (Å²) in [5.41, 5.74) is 0. The maximum atomic E-state index is 10.9. The summed E-state index contributed by atoms with van der Waals surface area (Å²) in [6.45, 7) is 1.35. The molecular formula is C9H10ClNO3S. The molecule has 1 aromatic heterocycles. The Kier molecular flexibility index (Phi) is 4.11. The molecule has 0 aromatic carbocycles. The van der Waals surface area contributed by atoms with Crippen LogP contribution in [0.3, 0.4) is 0 Å². The molecule has 0 unspecified atom stereocenters. The summed E-state index contributed by atoms with van der Waals surface area (Å²) in [5.74, 6) is -1.22. The zero-order valence-electron chi connectivity index (χ0n) is 7.99. The van der Waals surface area contributed by atoms with E-state index in [4.69, 9.17) is 16.7 Å². The maximum Gasteiger partial charge on any atom is 0.305 e. The van der Waals surface area contributed by atoms with Crippen LogP contribution in [0, 0.1) is 0 Å². The third-order valence-electron chi connectivity index (χ3n) is 1.69. The number of carboxylic acid groups (broad SMARTS) is 1. The van der Waals surface area contributed by atoms with Gasteiger partial charge in [-0.05, 0) is 12.1 Å². The number of carbonyl (C=O) groups excluding carboxylic acids is 1. The van der Waals surface area contributed by atoms with Gasteiger partial charge in [-0.2, -0.15) is 0 Å². The topological polar surface area (TPSA) is 66.4 Å². The Morgan fingerprint density at radius 2 is 2.27 bits per heavy atom. The van der Waals surface area contributed by atoms with Gasteiger partial charge >= 0.3 is 5.97 Å². The molecule has 0 saturated heterocycles. The SMILES string of the molecule is CC(=O)N[C@@H](CC(=O)O)c1ccc(Cl)s1. The number of nitrogens with one attached hydrogen (secondary N) is 1. The van der Waals surface area contributed by atoms with Crippen molar-refractivity contribution in [1.82, 2.24) is 5.32 Å². The Morgan fingerprint density at radius 1 is 1.60 bits per heavy atom. The van der Waals surface area contributed by atoms with Crippen LogP contribution in [0.25, 0.3) is 0 Å². The second-order valence-electron chi connectivity index (χ2n) is 2.99. The zero-order valence-corrected chi connectivity index (χ0v) is 9.56. The highest BCUT2D eigenvalue weighted by Crippen LogP contribution is 2.28. The van der Waals surface area contributed by atoms with Crippen molar-refractivity contribution in [3.05, 3.63) is 21.3 Å². The van der Waals surface area contributed by atoms with Crippen LogP contribution in [0.2, 0.25) is 4.34 Å². The molecule has 15 heavy (non-hydrogen) atoms. The van der Waals surface area contributed by atoms with E-state index in [0.717, 1.165) is 4.88 Å². The van der Waals surface area contributed by atoms with Gasteiger partial charge in [0.15, 0.2) is 0 Å². The average Bonchev–Trinajstić information content (AvgIpc) is 2.48. The predicted octanol–water partition coefficient (Wildman–Crippen LogP) is 2.05. The minimum Gasteiger partial charge on any atom is -0.481 e. The fourth-order valence-corrected chi connectivity index (χ4v) is 2.27. The van der Waals surface area contributed by atoms with Crippen LogP contribution >= 0.6 is 22.9 Å². The fraction of sp³-hybridized carbons (Fsp3) is 0.333. The van der Waals surface area contributed by atoms with Gasteiger partial charge in [0, 0.05) is 11.8 Å². The smallest absolute Gasteiger partial charge is 0.305 e. The average molecular weight is 248 g/mol. The number of carbonyl (C=O) groups is 2. The van der Waals surface area contributed by atoms with E-state index < -0.39 is 12.0 Å². The number of halogens is 1. The molecule has 1 heterocycles. The molecule has 4 nitrogen and oxygen atoms in total. The lowest BCUT2D eigenvalue weighted by molar-refractivity contribution is -0.137. The largest absolute Gasteiger partial charge is 0.481 e.